The average Bonchev–Trinajstić information content (AvgIpc) is 2.97. The molecule has 0 saturated carbocycles. The molecule has 116 valence electrons. The van der Waals surface area contributed by atoms with Crippen molar-refractivity contribution in [3.05, 3.63) is 46.2 Å². The van der Waals surface area contributed by atoms with E-state index in [1.165, 1.54) is 4.88 Å². The minimum atomic E-state index is -0.0871. The Morgan fingerprint density at radius 1 is 1.27 bits per heavy atom. The monoisotopic (exact) mass is 317 g/mol. The van der Waals surface area contributed by atoms with E-state index in [2.05, 4.69) is 12.2 Å². The predicted octanol–water partition coefficient (Wildman–Crippen LogP) is 3.79. The molecule has 1 aliphatic rings. The quantitative estimate of drug-likeness (QED) is 0.933. The number of thiophene rings is 1. The molecule has 2 heterocycles. The lowest BCUT2D eigenvalue weighted by Crippen LogP contribution is -2.27. The summed E-state index contributed by atoms with van der Waals surface area (Å²) in [5.74, 6) is 1.27. The van der Waals surface area contributed by atoms with Crippen LogP contribution in [-0.4, -0.2) is 19.1 Å². The number of carbonyl (C=O) groups is 1. The maximum absolute atomic E-state index is 12.5. The number of ether oxygens (including phenoxy) is 2. The van der Waals surface area contributed by atoms with Gasteiger partial charge in [-0.2, -0.15) is 0 Å². The molecule has 0 saturated heterocycles. The average molecular weight is 317 g/mol. The van der Waals surface area contributed by atoms with Crippen LogP contribution in [0.3, 0.4) is 0 Å². The van der Waals surface area contributed by atoms with Crippen LogP contribution in [0.5, 0.6) is 11.5 Å². The van der Waals surface area contributed by atoms with E-state index < -0.39 is 0 Å². The molecule has 1 N–H and O–H groups in total. The number of fused-ring (bicyclic) bond motifs is 1. The van der Waals surface area contributed by atoms with Gasteiger partial charge in [0.05, 0.1) is 19.3 Å². The largest absolute Gasteiger partial charge is 0.490 e. The fraction of sp³-hybridized carbons (Fsp3) is 0.353. The van der Waals surface area contributed by atoms with Crippen molar-refractivity contribution in [2.75, 3.05) is 13.2 Å². The fourth-order valence-corrected chi connectivity index (χ4v) is 3.27. The molecule has 3 rings (SSSR count). The molecule has 5 heteroatoms. The summed E-state index contributed by atoms with van der Waals surface area (Å²) in [6.45, 7) is 3.33. The first-order valence-corrected chi connectivity index (χ1v) is 8.40. The van der Waals surface area contributed by atoms with Crippen LogP contribution >= 0.6 is 11.3 Å². The van der Waals surface area contributed by atoms with Gasteiger partial charge in [-0.1, -0.05) is 13.0 Å². The summed E-state index contributed by atoms with van der Waals surface area (Å²) in [5.41, 5.74) is 0.597. The van der Waals surface area contributed by atoms with E-state index in [0.29, 0.717) is 30.3 Å². The van der Waals surface area contributed by atoms with Gasteiger partial charge in [0.1, 0.15) is 0 Å². The molecular formula is C17H19NO3S. The zero-order chi connectivity index (χ0) is 15.4. The Kier molecular flexibility index (Phi) is 4.63. The molecule has 0 unspecified atom stereocenters. The molecular weight excluding hydrogens is 298 g/mol. The van der Waals surface area contributed by atoms with Crippen LogP contribution < -0.4 is 14.8 Å². The van der Waals surface area contributed by atoms with Gasteiger partial charge in [0.15, 0.2) is 11.5 Å². The van der Waals surface area contributed by atoms with Gasteiger partial charge in [0.25, 0.3) is 5.91 Å². The lowest BCUT2D eigenvalue weighted by molar-refractivity contribution is 0.0936. The van der Waals surface area contributed by atoms with E-state index >= 15 is 0 Å². The molecule has 1 aromatic heterocycles. The number of carbonyl (C=O) groups excluding carboxylic acids is 1. The molecule has 0 bridgehead atoms. The number of nitrogens with one attached hydrogen (secondary N) is 1. The molecule has 0 radical (unpaired) electrons. The summed E-state index contributed by atoms with van der Waals surface area (Å²) in [6, 6.07) is 9.45. The summed E-state index contributed by atoms with van der Waals surface area (Å²) >= 11 is 1.66. The highest BCUT2D eigenvalue weighted by molar-refractivity contribution is 7.10. The third kappa shape index (κ3) is 3.25. The Morgan fingerprint density at radius 2 is 2.09 bits per heavy atom. The standard InChI is InChI=1S/C17H19NO3S/c1-2-13(16-5-3-10-22-16)18-17(19)12-6-7-14-15(11-12)21-9-4-8-20-14/h3,5-7,10-11,13H,2,4,8-9H2,1H3,(H,18,19)/t13-/m0/s1. The highest BCUT2D eigenvalue weighted by atomic mass is 32.1. The van der Waals surface area contributed by atoms with Gasteiger partial charge in [0, 0.05) is 16.9 Å². The number of amides is 1. The molecule has 4 nitrogen and oxygen atoms in total. The summed E-state index contributed by atoms with van der Waals surface area (Å²) in [5, 5.41) is 5.11. The zero-order valence-corrected chi connectivity index (χ0v) is 13.3. The van der Waals surface area contributed by atoms with Crippen molar-refractivity contribution in [2.24, 2.45) is 0 Å². The van der Waals surface area contributed by atoms with Crippen molar-refractivity contribution >= 4 is 17.2 Å². The Balaban J connectivity index is 1.76. The lowest BCUT2D eigenvalue weighted by atomic mass is 10.1. The number of hydrogen-bond acceptors (Lipinski definition) is 4. The van der Waals surface area contributed by atoms with Gasteiger partial charge in [-0.15, -0.1) is 11.3 Å². The molecule has 1 aromatic carbocycles. The maximum Gasteiger partial charge on any atom is 0.251 e. The zero-order valence-electron chi connectivity index (χ0n) is 12.5. The molecule has 1 atom stereocenters. The summed E-state index contributed by atoms with van der Waals surface area (Å²) < 4.78 is 11.2. The van der Waals surface area contributed by atoms with E-state index in [9.17, 15) is 4.79 Å². The van der Waals surface area contributed by atoms with Gasteiger partial charge < -0.3 is 14.8 Å². The smallest absolute Gasteiger partial charge is 0.251 e. The van der Waals surface area contributed by atoms with Crippen molar-refractivity contribution in [3.63, 3.8) is 0 Å². The molecule has 1 amide bonds. The third-order valence-corrected chi connectivity index (χ3v) is 4.60. The highest BCUT2D eigenvalue weighted by Gasteiger charge is 2.17. The second kappa shape index (κ2) is 6.83. The van der Waals surface area contributed by atoms with Crippen molar-refractivity contribution in [1.82, 2.24) is 5.32 Å². The third-order valence-electron chi connectivity index (χ3n) is 3.61. The van der Waals surface area contributed by atoms with Crippen molar-refractivity contribution in [3.8, 4) is 11.5 Å². The Hall–Kier alpha value is -2.01. The van der Waals surface area contributed by atoms with Gasteiger partial charge in [-0.25, -0.2) is 0 Å². The number of benzene rings is 1. The minimum Gasteiger partial charge on any atom is -0.490 e. The van der Waals surface area contributed by atoms with Crippen LogP contribution in [0, 0.1) is 0 Å². The number of hydrogen-bond donors (Lipinski definition) is 1. The lowest BCUT2D eigenvalue weighted by Gasteiger charge is -2.16. The van der Waals surface area contributed by atoms with Crippen LogP contribution in [0.2, 0.25) is 0 Å². The summed E-state index contributed by atoms with van der Waals surface area (Å²) in [4.78, 5) is 13.6. The maximum atomic E-state index is 12.5. The summed E-state index contributed by atoms with van der Waals surface area (Å²) in [6.07, 6.45) is 1.71. The molecule has 0 aliphatic carbocycles. The van der Waals surface area contributed by atoms with E-state index in [1.54, 1.807) is 23.5 Å². The van der Waals surface area contributed by atoms with Crippen molar-refractivity contribution < 1.29 is 14.3 Å². The Bertz CT molecular complexity index is 639. The van der Waals surface area contributed by atoms with Crippen molar-refractivity contribution in [1.29, 1.82) is 0 Å². The van der Waals surface area contributed by atoms with E-state index in [0.717, 1.165) is 12.8 Å². The van der Waals surface area contributed by atoms with Crippen LogP contribution in [0.15, 0.2) is 35.7 Å². The van der Waals surface area contributed by atoms with E-state index in [1.807, 2.05) is 23.6 Å². The van der Waals surface area contributed by atoms with E-state index in [4.69, 9.17) is 9.47 Å². The second-order valence-corrected chi connectivity index (χ2v) is 6.14. The molecule has 1 aliphatic heterocycles. The number of rotatable bonds is 4. The first kappa shape index (κ1) is 14.9. The van der Waals surface area contributed by atoms with Crippen LogP contribution in [0.25, 0.3) is 0 Å². The molecule has 0 spiro atoms. The predicted molar refractivity (Wildman–Crippen MR) is 86.9 cm³/mol. The van der Waals surface area contributed by atoms with Crippen LogP contribution in [-0.2, 0) is 0 Å². The Labute approximate surface area is 134 Å². The van der Waals surface area contributed by atoms with Gasteiger partial charge in [0.2, 0.25) is 0 Å². The van der Waals surface area contributed by atoms with Crippen LogP contribution in [0.1, 0.15) is 41.0 Å². The highest BCUT2D eigenvalue weighted by Crippen LogP contribution is 2.31. The first-order chi connectivity index (χ1) is 10.8. The topological polar surface area (TPSA) is 47.6 Å². The first-order valence-electron chi connectivity index (χ1n) is 7.52. The Morgan fingerprint density at radius 3 is 2.82 bits per heavy atom. The fourth-order valence-electron chi connectivity index (χ4n) is 2.41. The second-order valence-electron chi connectivity index (χ2n) is 5.16. The minimum absolute atomic E-state index is 0.0449. The normalized spacial score (nSPS) is 15.0. The van der Waals surface area contributed by atoms with Crippen molar-refractivity contribution in [2.45, 2.75) is 25.8 Å². The summed E-state index contributed by atoms with van der Waals surface area (Å²) in [7, 11) is 0. The van der Waals surface area contributed by atoms with Gasteiger partial charge in [-0.3, -0.25) is 4.79 Å². The molecule has 2 aromatic rings. The van der Waals surface area contributed by atoms with Gasteiger partial charge >= 0.3 is 0 Å². The van der Waals surface area contributed by atoms with E-state index in [-0.39, 0.29) is 11.9 Å². The van der Waals surface area contributed by atoms with Gasteiger partial charge in [-0.05, 0) is 36.1 Å². The molecule has 0 fully saturated rings. The molecule has 22 heavy (non-hydrogen) atoms. The SMILES string of the molecule is CC[C@H](NC(=O)c1ccc2c(c1)OCCCO2)c1cccs1. The van der Waals surface area contributed by atoms with Crippen LogP contribution in [0.4, 0.5) is 0 Å².